The zero-order valence-electron chi connectivity index (χ0n) is 20.6. The predicted molar refractivity (Wildman–Crippen MR) is 138 cm³/mol. The van der Waals surface area contributed by atoms with Crippen LogP contribution in [0.1, 0.15) is 23.6 Å². The van der Waals surface area contributed by atoms with Crippen molar-refractivity contribution >= 4 is 22.5 Å². The Morgan fingerprint density at radius 1 is 0.974 bits per heavy atom. The number of anilines is 1. The molecule has 2 heterocycles. The lowest BCUT2D eigenvalue weighted by Gasteiger charge is -2.40. The highest BCUT2D eigenvalue weighted by atomic mass is 19.4. The molecule has 0 N–H and O–H groups in total. The second-order valence-corrected chi connectivity index (χ2v) is 9.36. The summed E-state index contributed by atoms with van der Waals surface area (Å²) < 4.78 is 38.5. The molecule has 192 valence electrons. The smallest absolute Gasteiger partial charge is 0.351 e. The Morgan fingerprint density at radius 3 is 2.29 bits per heavy atom. The number of hydrogen-bond acceptors (Lipinski definition) is 5. The van der Waals surface area contributed by atoms with Gasteiger partial charge in [-0.2, -0.15) is 18.4 Å². The standard InChI is InChI=1S/C29H24F3N5O/c1-19-18-36(14-15-37(19)26(38)16-20-8-12-23(13-9-20)29(30,31)32)28-25-5-3-2-4-24(25)27(34-35-28)22-10-6-21(17-33)7-11-22/h2-13,19H,14-16,18H2,1H3/t19-/m0/s1. The van der Waals surface area contributed by atoms with E-state index in [1.807, 2.05) is 43.3 Å². The number of nitriles is 1. The Balaban J connectivity index is 1.33. The number of aromatic nitrogens is 2. The molecule has 6 nitrogen and oxygen atoms in total. The summed E-state index contributed by atoms with van der Waals surface area (Å²) in [6, 6.07) is 21.8. The van der Waals surface area contributed by atoms with Gasteiger partial charge >= 0.3 is 6.18 Å². The van der Waals surface area contributed by atoms with E-state index in [0.717, 1.165) is 40.0 Å². The lowest BCUT2D eigenvalue weighted by molar-refractivity contribution is -0.137. The maximum atomic E-state index is 13.0. The highest BCUT2D eigenvalue weighted by molar-refractivity contribution is 6.00. The molecular formula is C29H24F3N5O. The van der Waals surface area contributed by atoms with Crippen molar-refractivity contribution in [3.63, 3.8) is 0 Å². The van der Waals surface area contributed by atoms with E-state index in [2.05, 4.69) is 21.2 Å². The maximum Gasteiger partial charge on any atom is 0.416 e. The van der Waals surface area contributed by atoms with E-state index in [9.17, 15) is 18.0 Å². The van der Waals surface area contributed by atoms with Gasteiger partial charge in [0.2, 0.25) is 5.91 Å². The molecule has 1 aliphatic rings. The van der Waals surface area contributed by atoms with Crippen LogP contribution in [0.4, 0.5) is 19.0 Å². The highest BCUT2D eigenvalue weighted by Crippen LogP contribution is 2.33. The summed E-state index contributed by atoms with van der Waals surface area (Å²) in [5.74, 6) is 0.615. The Bertz CT molecular complexity index is 1510. The molecule has 1 saturated heterocycles. The Kier molecular flexibility index (Phi) is 6.72. The van der Waals surface area contributed by atoms with Crippen LogP contribution in [0, 0.1) is 11.3 Å². The number of carbonyl (C=O) groups is 1. The molecule has 0 spiro atoms. The van der Waals surface area contributed by atoms with Crippen molar-refractivity contribution in [3.05, 3.63) is 89.5 Å². The molecule has 1 fully saturated rings. The van der Waals surface area contributed by atoms with Gasteiger partial charge in [0.1, 0.15) is 5.69 Å². The third-order valence-electron chi connectivity index (χ3n) is 6.84. The van der Waals surface area contributed by atoms with Gasteiger partial charge in [0, 0.05) is 42.0 Å². The number of benzene rings is 3. The Hall–Kier alpha value is -4.45. The molecule has 0 saturated carbocycles. The van der Waals surface area contributed by atoms with Crippen LogP contribution in [0.25, 0.3) is 22.0 Å². The van der Waals surface area contributed by atoms with Crippen LogP contribution >= 0.6 is 0 Å². The molecule has 0 radical (unpaired) electrons. The van der Waals surface area contributed by atoms with Crippen molar-refractivity contribution in [2.45, 2.75) is 25.6 Å². The van der Waals surface area contributed by atoms with Gasteiger partial charge in [-0.25, -0.2) is 0 Å². The molecule has 38 heavy (non-hydrogen) atoms. The van der Waals surface area contributed by atoms with E-state index in [0.29, 0.717) is 30.8 Å². The largest absolute Gasteiger partial charge is 0.416 e. The molecule has 3 aromatic carbocycles. The minimum absolute atomic E-state index is 0.0461. The second-order valence-electron chi connectivity index (χ2n) is 9.36. The van der Waals surface area contributed by atoms with E-state index < -0.39 is 11.7 Å². The molecular weight excluding hydrogens is 491 g/mol. The van der Waals surface area contributed by atoms with E-state index >= 15 is 0 Å². The first-order chi connectivity index (χ1) is 18.2. The summed E-state index contributed by atoms with van der Waals surface area (Å²) in [6.45, 7) is 3.52. The summed E-state index contributed by atoms with van der Waals surface area (Å²) >= 11 is 0. The fraction of sp³-hybridized carbons (Fsp3) is 0.241. The van der Waals surface area contributed by atoms with Crippen LogP contribution in [-0.2, 0) is 17.4 Å². The van der Waals surface area contributed by atoms with Crippen LogP contribution in [0.15, 0.2) is 72.8 Å². The van der Waals surface area contributed by atoms with E-state index in [-0.39, 0.29) is 18.4 Å². The fourth-order valence-electron chi connectivity index (χ4n) is 4.85. The van der Waals surface area contributed by atoms with Gasteiger partial charge in [-0.15, -0.1) is 10.2 Å². The van der Waals surface area contributed by atoms with Crippen LogP contribution in [0.5, 0.6) is 0 Å². The number of fused-ring (bicyclic) bond motifs is 1. The average molecular weight is 516 g/mol. The minimum atomic E-state index is -4.40. The first-order valence-corrected chi connectivity index (χ1v) is 12.2. The summed E-state index contributed by atoms with van der Waals surface area (Å²) in [5, 5.41) is 20.1. The molecule has 1 amide bonds. The molecule has 4 aromatic rings. The monoisotopic (exact) mass is 515 g/mol. The summed E-state index contributed by atoms with van der Waals surface area (Å²) in [6.07, 6.45) is -4.36. The number of carbonyl (C=O) groups excluding carboxylic acids is 1. The van der Waals surface area contributed by atoms with Gasteiger partial charge in [-0.3, -0.25) is 4.79 Å². The van der Waals surface area contributed by atoms with Gasteiger partial charge in [-0.1, -0.05) is 48.5 Å². The lowest BCUT2D eigenvalue weighted by atomic mass is 10.0. The summed E-state index contributed by atoms with van der Waals surface area (Å²) in [7, 11) is 0. The van der Waals surface area contributed by atoms with Gasteiger partial charge in [0.05, 0.1) is 23.6 Å². The third kappa shape index (κ3) is 5.02. The fourth-order valence-corrected chi connectivity index (χ4v) is 4.85. The quantitative estimate of drug-likeness (QED) is 0.361. The zero-order valence-corrected chi connectivity index (χ0v) is 20.6. The molecule has 1 atom stereocenters. The van der Waals surface area contributed by atoms with Crippen molar-refractivity contribution in [2.24, 2.45) is 0 Å². The Labute approximate surface area is 217 Å². The predicted octanol–water partition coefficient (Wildman–Crippen LogP) is 5.47. The van der Waals surface area contributed by atoms with Gasteiger partial charge in [0.25, 0.3) is 0 Å². The number of hydrogen-bond donors (Lipinski definition) is 0. The Morgan fingerprint density at radius 2 is 1.66 bits per heavy atom. The van der Waals surface area contributed by atoms with Crippen molar-refractivity contribution in [1.82, 2.24) is 15.1 Å². The minimum Gasteiger partial charge on any atom is -0.351 e. The van der Waals surface area contributed by atoms with Crippen molar-refractivity contribution in [1.29, 1.82) is 5.26 Å². The van der Waals surface area contributed by atoms with E-state index in [1.165, 1.54) is 12.1 Å². The SMILES string of the molecule is C[C@H]1CN(c2nnc(-c3ccc(C#N)cc3)c3ccccc23)CCN1C(=O)Cc1ccc(C(F)(F)F)cc1. The molecule has 1 aliphatic heterocycles. The number of amides is 1. The molecule has 5 rings (SSSR count). The lowest BCUT2D eigenvalue weighted by Crippen LogP contribution is -2.54. The van der Waals surface area contributed by atoms with Crippen molar-refractivity contribution in [2.75, 3.05) is 24.5 Å². The molecule has 0 unspecified atom stereocenters. The number of piperazine rings is 1. The van der Waals surface area contributed by atoms with Gasteiger partial charge < -0.3 is 9.80 Å². The molecule has 9 heteroatoms. The highest BCUT2D eigenvalue weighted by Gasteiger charge is 2.31. The number of halogens is 3. The normalized spacial score (nSPS) is 15.9. The topological polar surface area (TPSA) is 73.1 Å². The van der Waals surface area contributed by atoms with E-state index in [4.69, 9.17) is 5.26 Å². The van der Waals surface area contributed by atoms with Crippen LogP contribution in [0.3, 0.4) is 0 Å². The summed E-state index contributed by atoms with van der Waals surface area (Å²) in [5.41, 5.74) is 1.99. The zero-order chi connectivity index (χ0) is 26.9. The molecule has 0 bridgehead atoms. The first kappa shape index (κ1) is 25.2. The van der Waals surface area contributed by atoms with Gasteiger partial charge in [-0.05, 0) is 36.8 Å². The average Bonchev–Trinajstić information content (AvgIpc) is 2.92. The molecule has 1 aromatic heterocycles. The van der Waals surface area contributed by atoms with Gasteiger partial charge in [0.15, 0.2) is 5.82 Å². The van der Waals surface area contributed by atoms with Crippen LogP contribution in [-0.4, -0.2) is 46.7 Å². The number of alkyl halides is 3. The second kappa shape index (κ2) is 10.1. The van der Waals surface area contributed by atoms with Crippen molar-refractivity contribution < 1.29 is 18.0 Å². The third-order valence-corrected chi connectivity index (χ3v) is 6.84. The molecule has 0 aliphatic carbocycles. The van der Waals surface area contributed by atoms with Crippen LogP contribution < -0.4 is 4.90 Å². The first-order valence-electron chi connectivity index (χ1n) is 12.2. The van der Waals surface area contributed by atoms with Crippen molar-refractivity contribution in [3.8, 4) is 17.3 Å². The van der Waals surface area contributed by atoms with Crippen LogP contribution in [0.2, 0.25) is 0 Å². The summed E-state index contributed by atoms with van der Waals surface area (Å²) in [4.78, 5) is 16.9. The van der Waals surface area contributed by atoms with E-state index in [1.54, 1.807) is 17.0 Å². The number of nitrogens with zero attached hydrogens (tertiary/aromatic N) is 5. The maximum absolute atomic E-state index is 13.0. The number of rotatable bonds is 4.